The van der Waals surface area contributed by atoms with Crippen LogP contribution in [0.15, 0.2) is 54.6 Å². The van der Waals surface area contributed by atoms with Gasteiger partial charge in [0.1, 0.15) is 11.3 Å². The van der Waals surface area contributed by atoms with Gasteiger partial charge in [-0.15, -0.1) is 13.2 Å². The molecule has 0 fully saturated rings. The maximum atomic E-state index is 12.3. The number of alkyl halides is 3. The monoisotopic (exact) mass is 310 g/mol. The molecule has 3 nitrogen and oxygen atoms in total. The standard InChI is InChI=1S/C16H13F3O3/c17-16(18,19)22-14-9-5-4-8-13(14)15(20)21-11-10-12-6-2-1-3-7-12/h1-9H,10-11H2. The number of rotatable bonds is 5. The highest BCUT2D eigenvalue weighted by Gasteiger charge is 2.33. The minimum Gasteiger partial charge on any atom is -0.462 e. The van der Waals surface area contributed by atoms with E-state index in [1.807, 2.05) is 30.3 Å². The van der Waals surface area contributed by atoms with Crippen molar-refractivity contribution >= 4 is 5.97 Å². The van der Waals surface area contributed by atoms with Crippen LogP contribution in [0.2, 0.25) is 0 Å². The summed E-state index contributed by atoms with van der Waals surface area (Å²) in [5.74, 6) is -1.42. The smallest absolute Gasteiger partial charge is 0.462 e. The molecule has 0 N–H and O–H groups in total. The van der Waals surface area contributed by atoms with Crippen LogP contribution in [0.1, 0.15) is 15.9 Å². The maximum absolute atomic E-state index is 12.3. The topological polar surface area (TPSA) is 35.5 Å². The highest BCUT2D eigenvalue weighted by molar-refractivity contribution is 5.92. The Balaban J connectivity index is 1.98. The zero-order valence-corrected chi connectivity index (χ0v) is 11.5. The van der Waals surface area contributed by atoms with Crippen molar-refractivity contribution in [2.45, 2.75) is 12.8 Å². The Labute approximate surface area is 125 Å². The van der Waals surface area contributed by atoms with Crippen molar-refractivity contribution in [1.29, 1.82) is 0 Å². The molecular formula is C16H13F3O3. The Bertz CT molecular complexity index is 624. The molecule has 0 heterocycles. The van der Waals surface area contributed by atoms with Gasteiger partial charge in [0.25, 0.3) is 0 Å². The third-order valence-corrected chi connectivity index (χ3v) is 2.80. The number of carbonyl (C=O) groups is 1. The van der Waals surface area contributed by atoms with E-state index in [1.165, 1.54) is 18.2 Å². The van der Waals surface area contributed by atoms with Crippen LogP contribution < -0.4 is 4.74 Å². The first-order valence-corrected chi connectivity index (χ1v) is 6.51. The summed E-state index contributed by atoms with van der Waals surface area (Å²) < 4.78 is 45.7. The number of esters is 1. The predicted molar refractivity (Wildman–Crippen MR) is 73.6 cm³/mol. The lowest BCUT2D eigenvalue weighted by Crippen LogP contribution is -2.19. The molecule has 2 rings (SSSR count). The molecule has 0 aliphatic heterocycles. The van der Waals surface area contributed by atoms with Gasteiger partial charge in [-0.25, -0.2) is 4.79 Å². The van der Waals surface area contributed by atoms with E-state index in [4.69, 9.17) is 4.74 Å². The van der Waals surface area contributed by atoms with Gasteiger partial charge >= 0.3 is 12.3 Å². The number of halogens is 3. The predicted octanol–water partition coefficient (Wildman–Crippen LogP) is 3.98. The molecule has 0 atom stereocenters. The summed E-state index contributed by atoms with van der Waals surface area (Å²) in [6.45, 7) is 0.0726. The molecular weight excluding hydrogens is 297 g/mol. The number of hydrogen-bond donors (Lipinski definition) is 0. The number of para-hydroxylation sites is 1. The van der Waals surface area contributed by atoms with Crippen LogP contribution in [0.3, 0.4) is 0 Å². The van der Waals surface area contributed by atoms with Crippen LogP contribution >= 0.6 is 0 Å². The van der Waals surface area contributed by atoms with Crippen LogP contribution in [0.4, 0.5) is 13.2 Å². The summed E-state index contributed by atoms with van der Waals surface area (Å²) in [5, 5.41) is 0. The highest BCUT2D eigenvalue weighted by Crippen LogP contribution is 2.26. The van der Waals surface area contributed by atoms with E-state index in [0.717, 1.165) is 11.6 Å². The first-order valence-electron chi connectivity index (χ1n) is 6.51. The Morgan fingerprint density at radius 3 is 2.27 bits per heavy atom. The summed E-state index contributed by atoms with van der Waals surface area (Å²) in [5.41, 5.74) is 0.711. The van der Waals surface area contributed by atoms with Crippen molar-refractivity contribution in [3.05, 3.63) is 65.7 Å². The molecule has 116 valence electrons. The zero-order chi connectivity index (χ0) is 16.0. The second-order valence-corrected chi connectivity index (χ2v) is 4.42. The van der Waals surface area contributed by atoms with Crippen LogP contribution in [-0.2, 0) is 11.2 Å². The lowest BCUT2D eigenvalue weighted by Gasteiger charge is -2.12. The second kappa shape index (κ2) is 6.98. The lowest BCUT2D eigenvalue weighted by molar-refractivity contribution is -0.274. The average Bonchev–Trinajstić information content (AvgIpc) is 2.47. The minimum atomic E-state index is -4.86. The van der Waals surface area contributed by atoms with E-state index in [0.29, 0.717) is 6.42 Å². The molecule has 0 saturated carbocycles. The minimum absolute atomic E-state index is 0.0726. The van der Waals surface area contributed by atoms with Crippen molar-refractivity contribution in [1.82, 2.24) is 0 Å². The zero-order valence-electron chi connectivity index (χ0n) is 11.5. The SMILES string of the molecule is O=C(OCCc1ccccc1)c1ccccc1OC(F)(F)F. The van der Waals surface area contributed by atoms with Gasteiger partial charge in [0.05, 0.1) is 6.61 Å². The molecule has 2 aromatic rings. The third-order valence-electron chi connectivity index (χ3n) is 2.80. The number of ether oxygens (including phenoxy) is 2. The van der Waals surface area contributed by atoms with Crippen molar-refractivity contribution in [3.8, 4) is 5.75 Å². The Morgan fingerprint density at radius 1 is 0.955 bits per heavy atom. The van der Waals surface area contributed by atoms with E-state index in [-0.39, 0.29) is 12.2 Å². The average molecular weight is 310 g/mol. The van der Waals surface area contributed by atoms with E-state index < -0.39 is 18.1 Å². The van der Waals surface area contributed by atoms with E-state index >= 15 is 0 Å². The van der Waals surface area contributed by atoms with E-state index in [1.54, 1.807) is 0 Å². The molecule has 6 heteroatoms. The first-order chi connectivity index (χ1) is 10.5. The molecule has 22 heavy (non-hydrogen) atoms. The van der Waals surface area contributed by atoms with Crippen LogP contribution in [0.5, 0.6) is 5.75 Å². The van der Waals surface area contributed by atoms with Crippen molar-refractivity contribution in [2.75, 3.05) is 6.61 Å². The molecule has 0 radical (unpaired) electrons. The Morgan fingerprint density at radius 2 is 1.59 bits per heavy atom. The van der Waals surface area contributed by atoms with Gasteiger partial charge in [-0.2, -0.15) is 0 Å². The van der Waals surface area contributed by atoms with Gasteiger partial charge in [0.2, 0.25) is 0 Å². The van der Waals surface area contributed by atoms with Gasteiger partial charge in [-0.05, 0) is 17.7 Å². The maximum Gasteiger partial charge on any atom is 0.573 e. The summed E-state index contributed by atoms with van der Waals surface area (Å²) in [6.07, 6.45) is -4.38. The van der Waals surface area contributed by atoms with Crippen LogP contribution in [0.25, 0.3) is 0 Å². The van der Waals surface area contributed by atoms with E-state index in [2.05, 4.69) is 4.74 Å². The Kier molecular flexibility index (Phi) is 5.04. The first kappa shape index (κ1) is 15.9. The van der Waals surface area contributed by atoms with Crippen LogP contribution in [0, 0.1) is 0 Å². The van der Waals surface area contributed by atoms with Gasteiger partial charge in [0, 0.05) is 6.42 Å². The number of carbonyl (C=O) groups excluding carboxylic acids is 1. The summed E-state index contributed by atoms with van der Waals surface area (Å²) in [4.78, 5) is 11.9. The summed E-state index contributed by atoms with van der Waals surface area (Å²) in [7, 11) is 0. The second-order valence-electron chi connectivity index (χ2n) is 4.42. The molecule has 0 amide bonds. The van der Waals surface area contributed by atoms with Gasteiger partial charge < -0.3 is 9.47 Å². The van der Waals surface area contributed by atoms with Gasteiger partial charge in [-0.1, -0.05) is 42.5 Å². The molecule has 0 unspecified atom stereocenters. The Hall–Kier alpha value is -2.50. The number of hydrogen-bond acceptors (Lipinski definition) is 3. The van der Waals surface area contributed by atoms with Crippen LogP contribution in [-0.4, -0.2) is 18.9 Å². The van der Waals surface area contributed by atoms with E-state index in [9.17, 15) is 18.0 Å². The lowest BCUT2D eigenvalue weighted by atomic mass is 10.2. The molecule has 0 aliphatic carbocycles. The normalized spacial score (nSPS) is 11.0. The molecule has 0 bridgehead atoms. The fourth-order valence-corrected chi connectivity index (χ4v) is 1.83. The van der Waals surface area contributed by atoms with Gasteiger partial charge in [0.15, 0.2) is 0 Å². The fraction of sp³-hybridized carbons (Fsp3) is 0.188. The van der Waals surface area contributed by atoms with Gasteiger partial charge in [-0.3, -0.25) is 0 Å². The quantitative estimate of drug-likeness (QED) is 0.784. The highest BCUT2D eigenvalue weighted by atomic mass is 19.4. The van der Waals surface area contributed by atoms with Crippen molar-refractivity contribution in [3.63, 3.8) is 0 Å². The molecule has 0 spiro atoms. The largest absolute Gasteiger partial charge is 0.573 e. The summed E-state index contributed by atoms with van der Waals surface area (Å²) in [6, 6.07) is 14.4. The van der Waals surface area contributed by atoms with Crippen molar-refractivity contribution in [2.24, 2.45) is 0 Å². The molecule has 0 saturated heterocycles. The third kappa shape index (κ3) is 4.80. The number of benzene rings is 2. The molecule has 0 aliphatic rings. The van der Waals surface area contributed by atoms with Crippen molar-refractivity contribution < 1.29 is 27.4 Å². The molecule has 2 aromatic carbocycles. The fourth-order valence-electron chi connectivity index (χ4n) is 1.83. The summed E-state index contributed by atoms with van der Waals surface area (Å²) >= 11 is 0. The molecule has 0 aromatic heterocycles.